The topological polar surface area (TPSA) is 26.0 Å². The molecule has 2 N–H and O–H groups in total. The van der Waals surface area contributed by atoms with Crippen LogP contribution in [0, 0.1) is 5.92 Å². The highest BCUT2D eigenvalue weighted by Gasteiger charge is 2.35. The Morgan fingerprint density at radius 2 is 1.88 bits per heavy atom. The zero-order valence-corrected chi connectivity index (χ0v) is 10.7. The quantitative estimate of drug-likeness (QED) is 0.831. The third-order valence-electron chi connectivity index (χ3n) is 3.17. The molecule has 17 heavy (non-hydrogen) atoms. The average Bonchev–Trinajstić information content (AvgIpc) is 2.29. The number of rotatable bonds is 5. The number of hydrogen-bond donors (Lipinski definition) is 1. The summed E-state index contributed by atoms with van der Waals surface area (Å²) < 4.78 is 27.8. The predicted octanol–water partition coefficient (Wildman–Crippen LogP) is 3.89. The molecule has 1 unspecified atom stereocenters. The van der Waals surface area contributed by atoms with Gasteiger partial charge in [-0.25, -0.2) is 8.78 Å². The highest BCUT2D eigenvalue weighted by molar-refractivity contribution is 5.29. The Hall–Kier alpha value is -0.960. The van der Waals surface area contributed by atoms with E-state index in [2.05, 4.69) is 0 Å². The Morgan fingerprint density at radius 1 is 1.24 bits per heavy atom. The summed E-state index contributed by atoms with van der Waals surface area (Å²) >= 11 is 0. The second kappa shape index (κ2) is 5.58. The predicted molar refractivity (Wildman–Crippen MR) is 67.3 cm³/mol. The van der Waals surface area contributed by atoms with Gasteiger partial charge in [0.25, 0.3) is 5.92 Å². The van der Waals surface area contributed by atoms with Gasteiger partial charge in [-0.2, -0.15) is 0 Å². The lowest BCUT2D eigenvalue weighted by molar-refractivity contribution is -0.0514. The lowest BCUT2D eigenvalue weighted by Crippen LogP contribution is -2.21. The fourth-order valence-electron chi connectivity index (χ4n) is 1.80. The molecule has 0 radical (unpaired) electrons. The molecule has 1 nitrogen and oxygen atoms in total. The van der Waals surface area contributed by atoms with Gasteiger partial charge in [0.1, 0.15) is 0 Å². The SMILES string of the molecule is CC(CCN)c1cccc(C(F)(F)C(C)C)c1. The van der Waals surface area contributed by atoms with Crippen LogP contribution < -0.4 is 5.73 Å². The summed E-state index contributed by atoms with van der Waals surface area (Å²) in [5, 5.41) is 0. The Morgan fingerprint density at radius 3 is 2.41 bits per heavy atom. The van der Waals surface area contributed by atoms with Crippen LogP contribution in [-0.2, 0) is 5.92 Å². The van der Waals surface area contributed by atoms with E-state index in [-0.39, 0.29) is 11.5 Å². The molecule has 0 saturated heterocycles. The van der Waals surface area contributed by atoms with Crippen molar-refractivity contribution < 1.29 is 8.78 Å². The average molecular weight is 241 g/mol. The molecule has 0 saturated carbocycles. The first-order valence-electron chi connectivity index (χ1n) is 6.08. The summed E-state index contributed by atoms with van der Waals surface area (Å²) in [5.74, 6) is -3.23. The van der Waals surface area contributed by atoms with E-state index in [9.17, 15) is 8.78 Å². The molecule has 0 spiro atoms. The van der Waals surface area contributed by atoms with Gasteiger partial charge in [-0.15, -0.1) is 0 Å². The van der Waals surface area contributed by atoms with Crippen LogP contribution in [0.5, 0.6) is 0 Å². The largest absolute Gasteiger partial charge is 0.330 e. The van der Waals surface area contributed by atoms with Crippen LogP contribution in [0.1, 0.15) is 44.2 Å². The molecule has 0 aromatic heterocycles. The number of hydrogen-bond acceptors (Lipinski definition) is 1. The molecule has 0 fully saturated rings. The zero-order chi connectivity index (χ0) is 13.1. The van der Waals surface area contributed by atoms with Crippen molar-refractivity contribution in [3.8, 4) is 0 Å². The lowest BCUT2D eigenvalue weighted by Gasteiger charge is -2.22. The van der Waals surface area contributed by atoms with E-state index in [4.69, 9.17) is 5.73 Å². The smallest absolute Gasteiger partial charge is 0.275 e. The van der Waals surface area contributed by atoms with Crippen LogP contribution in [0.3, 0.4) is 0 Å². The van der Waals surface area contributed by atoms with Gasteiger partial charge in [0.2, 0.25) is 0 Å². The standard InChI is InChI=1S/C14H21F2N/c1-10(2)14(15,16)13-6-4-5-12(9-13)11(3)7-8-17/h4-6,9-11H,7-8,17H2,1-3H3. The van der Waals surface area contributed by atoms with E-state index in [1.165, 1.54) is 19.9 Å². The molecule has 0 aliphatic heterocycles. The van der Waals surface area contributed by atoms with E-state index in [1.807, 2.05) is 13.0 Å². The fourth-order valence-corrected chi connectivity index (χ4v) is 1.80. The summed E-state index contributed by atoms with van der Waals surface area (Å²) in [6.45, 7) is 5.66. The molecule has 96 valence electrons. The number of halogens is 2. The van der Waals surface area contributed by atoms with Gasteiger partial charge in [0.15, 0.2) is 0 Å². The maximum Gasteiger partial charge on any atom is 0.275 e. The van der Waals surface area contributed by atoms with Gasteiger partial charge < -0.3 is 5.73 Å². The maximum absolute atomic E-state index is 13.9. The maximum atomic E-state index is 13.9. The summed E-state index contributed by atoms with van der Waals surface area (Å²) in [5.41, 5.74) is 6.53. The minimum Gasteiger partial charge on any atom is -0.330 e. The Balaban J connectivity index is 3.01. The molecule has 1 rings (SSSR count). The first kappa shape index (κ1) is 14.1. The molecular weight excluding hydrogens is 220 g/mol. The summed E-state index contributed by atoms with van der Waals surface area (Å²) in [4.78, 5) is 0. The third-order valence-corrected chi connectivity index (χ3v) is 3.17. The van der Waals surface area contributed by atoms with E-state index < -0.39 is 11.8 Å². The van der Waals surface area contributed by atoms with E-state index in [0.717, 1.165) is 12.0 Å². The Bertz CT molecular complexity index is 361. The van der Waals surface area contributed by atoms with Crippen molar-refractivity contribution in [2.45, 2.75) is 39.0 Å². The van der Waals surface area contributed by atoms with E-state index in [1.54, 1.807) is 12.1 Å². The van der Waals surface area contributed by atoms with Crippen molar-refractivity contribution in [1.29, 1.82) is 0 Å². The molecule has 0 bridgehead atoms. The lowest BCUT2D eigenvalue weighted by atomic mass is 9.91. The van der Waals surface area contributed by atoms with Crippen molar-refractivity contribution in [2.24, 2.45) is 11.7 Å². The molecule has 0 amide bonds. The number of alkyl halides is 2. The molecule has 1 aromatic rings. The van der Waals surface area contributed by atoms with Gasteiger partial charge in [-0.3, -0.25) is 0 Å². The van der Waals surface area contributed by atoms with Crippen molar-refractivity contribution in [3.05, 3.63) is 35.4 Å². The minimum atomic E-state index is -2.77. The van der Waals surface area contributed by atoms with Crippen LogP contribution in [0.15, 0.2) is 24.3 Å². The number of benzene rings is 1. The van der Waals surface area contributed by atoms with Crippen molar-refractivity contribution in [3.63, 3.8) is 0 Å². The van der Waals surface area contributed by atoms with Crippen LogP contribution in [-0.4, -0.2) is 6.54 Å². The van der Waals surface area contributed by atoms with Crippen molar-refractivity contribution in [2.75, 3.05) is 6.54 Å². The minimum absolute atomic E-state index is 0.105. The monoisotopic (exact) mass is 241 g/mol. The summed E-state index contributed by atoms with van der Waals surface area (Å²) in [6, 6.07) is 6.70. The molecule has 1 aromatic carbocycles. The van der Waals surface area contributed by atoms with Crippen LogP contribution in [0.4, 0.5) is 8.78 Å². The van der Waals surface area contributed by atoms with Gasteiger partial charge in [-0.1, -0.05) is 39.0 Å². The highest BCUT2D eigenvalue weighted by atomic mass is 19.3. The Labute approximate surface area is 102 Å². The van der Waals surface area contributed by atoms with Gasteiger partial charge in [0.05, 0.1) is 0 Å². The van der Waals surface area contributed by atoms with Gasteiger partial charge >= 0.3 is 0 Å². The number of nitrogens with two attached hydrogens (primary N) is 1. The first-order chi connectivity index (χ1) is 7.89. The van der Waals surface area contributed by atoms with Gasteiger partial charge in [0, 0.05) is 11.5 Å². The third kappa shape index (κ3) is 3.25. The highest BCUT2D eigenvalue weighted by Crippen LogP contribution is 2.36. The van der Waals surface area contributed by atoms with E-state index in [0.29, 0.717) is 6.54 Å². The summed E-state index contributed by atoms with van der Waals surface area (Å²) in [6.07, 6.45) is 0.816. The molecule has 1 atom stereocenters. The second-order valence-corrected chi connectivity index (χ2v) is 4.88. The zero-order valence-electron chi connectivity index (χ0n) is 10.7. The fraction of sp³-hybridized carbons (Fsp3) is 0.571. The van der Waals surface area contributed by atoms with Crippen molar-refractivity contribution >= 4 is 0 Å². The van der Waals surface area contributed by atoms with Crippen molar-refractivity contribution in [1.82, 2.24) is 0 Å². The summed E-state index contributed by atoms with van der Waals surface area (Å²) in [7, 11) is 0. The molecule has 0 aliphatic carbocycles. The van der Waals surface area contributed by atoms with Gasteiger partial charge in [-0.05, 0) is 30.5 Å². The van der Waals surface area contributed by atoms with Crippen LogP contribution in [0.2, 0.25) is 0 Å². The first-order valence-corrected chi connectivity index (χ1v) is 6.08. The second-order valence-electron chi connectivity index (χ2n) is 4.88. The molecular formula is C14H21F2N. The Kier molecular flexibility index (Phi) is 4.63. The molecule has 0 heterocycles. The molecule has 3 heteroatoms. The van der Waals surface area contributed by atoms with Crippen LogP contribution >= 0.6 is 0 Å². The van der Waals surface area contributed by atoms with E-state index >= 15 is 0 Å². The molecule has 0 aliphatic rings. The normalized spacial score (nSPS) is 14.1. The van der Waals surface area contributed by atoms with Crippen LogP contribution in [0.25, 0.3) is 0 Å².